The maximum atomic E-state index is 14.1. The molecule has 0 aliphatic carbocycles. The van der Waals surface area contributed by atoms with Crippen molar-refractivity contribution in [2.45, 2.75) is 25.8 Å². The van der Waals surface area contributed by atoms with Crippen molar-refractivity contribution in [1.82, 2.24) is 19.4 Å². The van der Waals surface area contributed by atoms with Gasteiger partial charge in [0.2, 0.25) is 0 Å². The maximum Gasteiger partial charge on any atom is 0.275 e. The van der Waals surface area contributed by atoms with Gasteiger partial charge < -0.3 is 20.4 Å². The summed E-state index contributed by atoms with van der Waals surface area (Å²) in [7, 11) is 0. The van der Waals surface area contributed by atoms with Crippen LogP contribution in [0.15, 0.2) is 30.9 Å². The molecule has 1 aliphatic rings. The highest BCUT2D eigenvalue weighted by atomic mass is 19.1. The lowest BCUT2D eigenvalue weighted by Gasteiger charge is -2.20. The third-order valence-electron chi connectivity index (χ3n) is 4.58. The first-order chi connectivity index (χ1) is 12.8. The van der Waals surface area contributed by atoms with Crippen LogP contribution >= 0.6 is 0 Å². The first-order valence-electron chi connectivity index (χ1n) is 8.63. The Morgan fingerprint density at radius 1 is 1.33 bits per heavy atom. The van der Waals surface area contributed by atoms with Gasteiger partial charge in [0.15, 0.2) is 11.5 Å². The zero-order valence-corrected chi connectivity index (χ0v) is 15.1. The fourth-order valence-corrected chi connectivity index (χ4v) is 3.22. The topological polar surface area (TPSA) is 101 Å². The molecule has 4 heterocycles. The second-order valence-corrected chi connectivity index (χ2v) is 7.23. The van der Waals surface area contributed by atoms with E-state index >= 15 is 0 Å². The fraction of sp³-hybridized carbons (Fsp3) is 0.333. The molecule has 0 unspecified atom stereocenters. The number of nitrogens with two attached hydrogens (primary N) is 1. The van der Waals surface area contributed by atoms with Crippen LogP contribution in [0.3, 0.4) is 0 Å². The first-order valence-corrected chi connectivity index (χ1v) is 8.63. The van der Waals surface area contributed by atoms with Crippen LogP contribution < -0.4 is 16.0 Å². The zero-order valence-electron chi connectivity index (χ0n) is 15.1. The Morgan fingerprint density at radius 3 is 2.81 bits per heavy atom. The second-order valence-electron chi connectivity index (χ2n) is 7.23. The predicted molar refractivity (Wildman–Crippen MR) is 99.3 cm³/mol. The molecule has 1 atom stereocenters. The minimum atomic E-state index is -0.513. The van der Waals surface area contributed by atoms with E-state index in [2.05, 4.69) is 20.3 Å². The van der Waals surface area contributed by atoms with E-state index in [0.29, 0.717) is 23.7 Å². The van der Waals surface area contributed by atoms with Crippen LogP contribution in [0, 0.1) is 12.7 Å². The highest BCUT2D eigenvalue weighted by molar-refractivity contribution is 6.02. The van der Waals surface area contributed by atoms with Gasteiger partial charge in [-0.25, -0.2) is 19.3 Å². The summed E-state index contributed by atoms with van der Waals surface area (Å²) < 4.78 is 15.7. The highest BCUT2D eigenvalue weighted by Crippen LogP contribution is 2.23. The molecule has 3 N–H and O–H groups in total. The van der Waals surface area contributed by atoms with E-state index in [1.54, 1.807) is 25.5 Å². The van der Waals surface area contributed by atoms with E-state index in [1.165, 1.54) is 16.7 Å². The third-order valence-corrected chi connectivity index (χ3v) is 4.58. The lowest BCUT2D eigenvalue weighted by atomic mass is 10.0. The molecule has 1 aliphatic heterocycles. The lowest BCUT2D eigenvalue weighted by Crippen LogP contribution is -2.39. The molecule has 4 rings (SSSR count). The molecule has 1 saturated heterocycles. The number of anilines is 2. The molecule has 140 valence electrons. The van der Waals surface area contributed by atoms with Crippen LogP contribution in [0.1, 0.15) is 29.5 Å². The van der Waals surface area contributed by atoms with Gasteiger partial charge in [-0.2, -0.15) is 0 Å². The molecule has 27 heavy (non-hydrogen) atoms. The molecule has 3 aromatic rings. The van der Waals surface area contributed by atoms with E-state index in [4.69, 9.17) is 5.73 Å². The van der Waals surface area contributed by atoms with Crippen LogP contribution in [0.2, 0.25) is 0 Å². The Kier molecular flexibility index (Phi) is 4.03. The number of carbonyl (C=O) groups excluding carboxylic acids is 1. The fourth-order valence-electron chi connectivity index (χ4n) is 3.22. The third kappa shape index (κ3) is 3.45. The van der Waals surface area contributed by atoms with Gasteiger partial charge in [-0.1, -0.05) is 0 Å². The van der Waals surface area contributed by atoms with E-state index < -0.39 is 11.7 Å². The van der Waals surface area contributed by atoms with Gasteiger partial charge in [-0.3, -0.25) is 4.79 Å². The summed E-state index contributed by atoms with van der Waals surface area (Å²) in [5.74, 6) is -0.294. The number of imidazole rings is 1. The quantitative estimate of drug-likeness (QED) is 0.729. The number of rotatable bonds is 3. The van der Waals surface area contributed by atoms with Crippen LogP contribution in [-0.4, -0.2) is 43.9 Å². The average molecular weight is 369 g/mol. The Labute approximate surface area is 155 Å². The number of aryl methyl sites for hydroxylation is 1. The standard InChI is InChI=1S/C18H20FN7O/c1-11-8-26-9-12(5-13(19)16(26)23-11)24-17(27)14-6-22-15(7-21-14)25-4-3-18(2,20)10-25/h5-9H,3-4,10,20H2,1-2H3,(H,24,27)/t18-/m1/s1. The molecule has 9 heteroatoms. The van der Waals surface area contributed by atoms with Gasteiger partial charge in [0.05, 0.1) is 23.8 Å². The smallest absolute Gasteiger partial charge is 0.275 e. The van der Waals surface area contributed by atoms with E-state index in [9.17, 15) is 9.18 Å². The van der Waals surface area contributed by atoms with Crippen molar-refractivity contribution in [2.75, 3.05) is 23.3 Å². The molecular formula is C18H20FN7O. The van der Waals surface area contributed by atoms with Gasteiger partial charge >= 0.3 is 0 Å². The minimum Gasteiger partial charge on any atom is -0.353 e. The van der Waals surface area contributed by atoms with Gasteiger partial charge in [0.25, 0.3) is 5.91 Å². The second kappa shape index (κ2) is 6.27. The van der Waals surface area contributed by atoms with Crippen molar-refractivity contribution in [3.8, 4) is 0 Å². The van der Waals surface area contributed by atoms with E-state index in [1.807, 2.05) is 11.8 Å². The van der Waals surface area contributed by atoms with Crippen molar-refractivity contribution in [2.24, 2.45) is 5.73 Å². The number of pyridine rings is 1. The molecule has 0 aromatic carbocycles. The lowest BCUT2D eigenvalue weighted by molar-refractivity contribution is 0.102. The van der Waals surface area contributed by atoms with Gasteiger partial charge in [0, 0.05) is 37.1 Å². The molecule has 0 saturated carbocycles. The van der Waals surface area contributed by atoms with Crippen LogP contribution in [0.4, 0.5) is 15.9 Å². The van der Waals surface area contributed by atoms with Gasteiger partial charge in [-0.15, -0.1) is 0 Å². The molecule has 1 fully saturated rings. The van der Waals surface area contributed by atoms with Crippen molar-refractivity contribution >= 4 is 23.1 Å². The Balaban J connectivity index is 1.50. The number of nitrogens with one attached hydrogen (secondary N) is 1. The Hall–Kier alpha value is -3.07. The normalized spacial score (nSPS) is 19.6. The van der Waals surface area contributed by atoms with Crippen molar-refractivity contribution in [1.29, 1.82) is 0 Å². The number of carbonyl (C=O) groups is 1. The summed E-state index contributed by atoms with van der Waals surface area (Å²) in [4.78, 5) is 27.0. The Morgan fingerprint density at radius 2 is 2.15 bits per heavy atom. The highest BCUT2D eigenvalue weighted by Gasteiger charge is 2.30. The average Bonchev–Trinajstić information content (AvgIpc) is 3.17. The van der Waals surface area contributed by atoms with Crippen molar-refractivity contribution in [3.63, 3.8) is 0 Å². The summed E-state index contributed by atoms with van der Waals surface area (Å²) in [5, 5.41) is 2.64. The predicted octanol–water partition coefficient (Wildman–Crippen LogP) is 1.75. The summed E-state index contributed by atoms with van der Waals surface area (Å²) in [6.45, 7) is 5.27. The first kappa shape index (κ1) is 17.3. The molecule has 1 amide bonds. The van der Waals surface area contributed by atoms with Crippen molar-refractivity contribution in [3.05, 3.63) is 48.1 Å². The van der Waals surface area contributed by atoms with Crippen LogP contribution in [-0.2, 0) is 0 Å². The molecular weight excluding hydrogens is 349 g/mol. The number of aromatic nitrogens is 4. The maximum absolute atomic E-state index is 14.1. The number of hydrogen-bond acceptors (Lipinski definition) is 6. The minimum absolute atomic E-state index is 0.149. The number of fused-ring (bicyclic) bond motifs is 1. The summed E-state index contributed by atoms with van der Waals surface area (Å²) in [5.41, 5.74) is 7.25. The van der Waals surface area contributed by atoms with Crippen molar-refractivity contribution < 1.29 is 9.18 Å². The largest absolute Gasteiger partial charge is 0.353 e. The number of nitrogens with zero attached hydrogens (tertiary/aromatic N) is 5. The number of halogens is 1. The molecule has 0 bridgehead atoms. The zero-order chi connectivity index (χ0) is 19.2. The molecule has 0 spiro atoms. The van der Waals surface area contributed by atoms with Gasteiger partial charge in [0.1, 0.15) is 11.5 Å². The Bertz CT molecular complexity index is 1010. The van der Waals surface area contributed by atoms with Gasteiger partial charge in [-0.05, 0) is 20.3 Å². The van der Waals surface area contributed by atoms with Crippen LogP contribution in [0.25, 0.3) is 5.65 Å². The van der Waals surface area contributed by atoms with Crippen LogP contribution in [0.5, 0.6) is 0 Å². The monoisotopic (exact) mass is 369 g/mol. The molecule has 8 nitrogen and oxygen atoms in total. The van der Waals surface area contributed by atoms with E-state index in [0.717, 1.165) is 13.0 Å². The van der Waals surface area contributed by atoms with E-state index in [-0.39, 0.29) is 16.9 Å². The molecule has 3 aromatic heterocycles. The molecule has 0 radical (unpaired) electrons. The summed E-state index contributed by atoms with van der Waals surface area (Å²) in [6.07, 6.45) is 7.12. The SMILES string of the molecule is Cc1cn2cc(NC(=O)c3cnc(N4CC[C@@](C)(N)C4)cn3)cc(F)c2n1. The summed E-state index contributed by atoms with van der Waals surface area (Å²) >= 11 is 0. The number of amides is 1. The summed E-state index contributed by atoms with van der Waals surface area (Å²) in [6, 6.07) is 1.23. The number of hydrogen-bond donors (Lipinski definition) is 2.